The maximum atomic E-state index is 13.4. The number of likely N-dealkylation sites (tertiary alicyclic amines) is 2. The second-order valence-electron chi connectivity index (χ2n) is 9.89. The summed E-state index contributed by atoms with van der Waals surface area (Å²) in [6.45, 7) is 7.28. The normalized spacial score (nSPS) is 28.0. The molecule has 2 heterocycles. The number of alkyl halides is 3. The molecule has 7 heteroatoms. The Kier molecular flexibility index (Phi) is 5.11. The Morgan fingerprint density at radius 1 is 1.13 bits per heavy atom. The Bertz CT molecular complexity index is 828. The van der Waals surface area contributed by atoms with Crippen LogP contribution in [0.2, 0.25) is 0 Å². The van der Waals surface area contributed by atoms with Gasteiger partial charge in [-0.3, -0.25) is 0 Å². The minimum atomic E-state index is -4.74. The molecule has 4 rings (SSSR count). The van der Waals surface area contributed by atoms with Gasteiger partial charge in [-0.2, -0.15) is 13.2 Å². The van der Waals surface area contributed by atoms with Crippen LogP contribution in [0.1, 0.15) is 69.1 Å². The number of hydrogen-bond acceptors (Lipinski definition) is 2. The third kappa shape index (κ3) is 3.29. The first-order valence-electron chi connectivity index (χ1n) is 10.9. The molecule has 1 unspecified atom stereocenters. The highest BCUT2D eigenvalue weighted by molar-refractivity contribution is 5.75. The molecule has 0 spiro atoms. The van der Waals surface area contributed by atoms with Gasteiger partial charge in [0.2, 0.25) is 0 Å². The molecule has 30 heavy (non-hydrogen) atoms. The molecule has 3 atom stereocenters. The van der Waals surface area contributed by atoms with Crippen LogP contribution in [0.5, 0.6) is 0 Å². The molecule has 4 nitrogen and oxygen atoms in total. The Balaban J connectivity index is 1.66. The summed E-state index contributed by atoms with van der Waals surface area (Å²) >= 11 is 0. The molecule has 1 N–H and O–H groups in total. The molecule has 2 saturated heterocycles. The molecular formula is C23H31F3N2O2. The number of rotatable bonds is 1. The topological polar surface area (TPSA) is 43.8 Å². The maximum Gasteiger partial charge on any atom is 0.421 e. The molecule has 3 aliphatic rings. The summed E-state index contributed by atoms with van der Waals surface area (Å²) in [5, 5.41) is 10.2. The number of halogens is 3. The fourth-order valence-electron chi connectivity index (χ4n) is 5.64. The largest absolute Gasteiger partial charge is 0.421 e. The van der Waals surface area contributed by atoms with Crippen molar-refractivity contribution >= 4 is 6.03 Å². The lowest BCUT2D eigenvalue weighted by atomic mass is 9.59. The number of piperidine rings is 2. The number of carbonyl (C=O) groups excluding carboxylic acids is 1. The fraction of sp³-hybridized carbons (Fsp3) is 0.696. The SMILES string of the molecule is CC1(C)[C@H]2CCN(C(=O)N3CCCCC3)[C@@H]1Cc1ccc(C(C)(O)C(F)(F)F)cc12. The number of benzene rings is 1. The van der Waals surface area contributed by atoms with E-state index in [9.17, 15) is 23.1 Å². The Morgan fingerprint density at radius 2 is 1.80 bits per heavy atom. The number of fused-ring (bicyclic) bond motifs is 4. The van der Waals surface area contributed by atoms with Crippen LogP contribution in [-0.2, 0) is 12.0 Å². The standard InChI is InChI=1S/C23H31F3N2O2/c1-21(2)18-9-12-28(20(29)27-10-5-4-6-11-27)19(21)13-15-7-8-16(14-17(15)18)22(3,30)23(24,25)26/h7-8,14,18-19,30H,4-6,9-13H2,1-3H3/t18-,19+,22?/m0/s1. The van der Waals surface area contributed by atoms with Gasteiger partial charge in [0.15, 0.2) is 5.60 Å². The number of aliphatic hydroxyl groups is 1. The van der Waals surface area contributed by atoms with Crippen molar-refractivity contribution in [1.29, 1.82) is 0 Å². The highest BCUT2D eigenvalue weighted by Gasteiger charge is 2.53. The lowest BCUT2D eigenvalue weighted by molar-refractivity contribution is -0.258. The van der Waals surface area contributed by atoms with E-state index in [1.165, 1.54) is 6.07 Å². The lowest BCUT2D eigenvalue weighted by Gasteiger charge is -2.55. The van der Waals surface area contributed by atoms with Crippen LogP contribution in [-0.4, -0.2) is 52.8 Å². The monoisotopic (exact) mass is 424 g/mol. The highest BCUT2D eigenvalue weighted by Crippen LogP contribution is 2.53. The molecule has 0 aromatic heterocycles. The zero-order chi connectivity index (χ0) is 21.9. The molecule has 0 saturated carbocycles. The first-order chi connectivity index (χ1) is 13.9. The molecule has 0 radical (unpaired) electrons. The second kappa shape index (κ2) is 7.14. The van der Waals surface area contributed by atoms with Crippen molar-refractivity contribution in [3.8, 4) is 0 Å². The number of urea groups is 1. The number of carbonyl (C=O) groups is 1. The third-order valence-corrected chi connectivity index (χ3v) is 7.71. The van der Waals surface area contributed by atoms with E-state index in [4.69, 9.17) is 0 Å². The molecule has 2 fully saturated rings. The molecular weight excluding hydrogens is 393 g/mol. The van der Waals surface area contributed by atoms with Crippen molar-refractivity contribution in [2.24, 2.45) is 5.41 Å². The predicted molar refractivity (Wildman–Crippen MR) is 108 cm³/mol. The van der Waals surface area contributed by atoms with Crippen LogP contribution in [0, 0.1) is 5.41 Å². The van der Waals surface area contributed by atoms with E-state index < -0.39 is 11.8 Å². The molecule has 2 bridgehead atoms. The van der Waals surface area contributed by atoms with Gasteiger partial charge in [-0.15, -0.1) is 0 Å². The van der Waals surface area contributed by atoms with Crippen LogP contribution in [0.3, 0.4) is 0 Å². The van der Waals surface area contributed by atoms with Crippen LogP contribution in [0.4, 0.5) is 18.0 Å². The zero-order valence-electron chi connectivity index (χ0n) is 17.9. The van der Waals surface area contributed by atoms with Crippen LogP contribution in [0.25, 0.3) is 0 Å². The maximum absolute atomic E-state index is 13.4. The van der Waals surface area contributed by atoms with E-state index in [2.05, 4.69) is 13.8 Å². The highest BCUT2D eigenvalue weighted by atomic mass is 19.4. The molecule has 2 aliphatic heterocycles. The van der Waals surface area contributed by atoms with Gasteiger partial charge < -0.3 is 14.9 Å². The van der Waals surface area contributed by atoms with Crippen LogP contribution in [0.15, 0.2) is 18.2 Å². The fourth-order valence-corrected chi connectivity index (χ4v) is 5.64. The summed E-state index contributed by atoms with van der Waals surface area (Å²) in [7, 11) is 0. The second-order valence-corrected chi connectivity index (χ2v) is 9.89. The van der Waals surface area contributed by atoms with E-state index >= 15 is 0 Å². The zero-order valence-corrected chi connectivity index (χ0v) is 17.9. The van der Waals surface area contributed by atoms with Crippen molar-refractivity contribution in [3.63, 3.8) is 0 Å². The number of hydrogen-bond donors (Lipinski definition) is 1. The van der Waals surface area contributed by atoms with Crippen LogP contribution >= 0.6 is 0 Å². The summed E-state index contributed by atoms with van der Waals surface area (Å²) in [5.41, 5.74) is -1.37. The van der Waals surface area contributed by atoms with E-state index in [0.29, 0.717) is 19.4 Å². The van der Waals surface area contributed by atoms with Gasteiger partial charge in [0.05, 0.1) is 0 Å². The Labute approximate surface area is 176 Å². The van der Waals surface area contributed by atoms with E-state index in [-0.39, 0.29) is 29.0 Å². The van der Waals surface area contributed by atoms with Gasteiger partial charge in [0.1, 0.15) is 0 Å². The summed E-state index contributed by atoms with van der Waals surface area (Å²) in [6, 6.07) is 4.78. The minimum Gasteiger partial charge on any atom is -0.376 e. The van der Waals surface area contributed by atoms with Crippen molar-refractivity contribution in [3.05, 3.63) is 34.9 Å². The number of amides is 2. The summed E-state index contributed by atoms with van der Waals surface area (Å²) in [6.07, 6.45) is -0.140. The molecule has 1 aromatic carbocycles. The van der Waals surface area contributed by atoms with Gasteiger partial charge in [0, 0.05) is 25.7 Å². The third-order valence-electron chi connectivity index (χ3n) is 7.71. The number of nitrogens with zero attached hydrogens (tertiary/aromatic N) is 2. The first-order valence-corrected chi connectivity index (χ1v) is 10.9. The van der Waals surface area contributed by atoms with E-state index in [1.54, 1.807) is 12.1 Å². The van der Waals surface area contributed by atoms with Gasteiger partial charge in [-0.05, 0) is 67.1 Å². The van der Waals surface area contributed by atoms with Crippen molar-refractivity contribution in [2.75, 3.05) is 19.6 Å². The van der Waals surface area contributed by atoms with Gasteiger partial charge >= 0.3 is 12.2 Å². The summed E-state index contributed by atoms with van der Waals surface area (Å²) in [4.78, 5) is 17.2. The predicted octanol–water partition coefficient (Wildman–Crippen LogP) is 4.80. The van der Waals surface area contributed by atoms with E-state index in [1.807, 2.05) is 9.80 Å². The molecule has 2 amide bonds. The van der Waals surface area contributed by atoms with Crippen molar-refractivity contribution < 1.29 is 23.1 Å². The first kappa shape index (κ1) is 21.5. The van der Waals surface area contributed by atoms with Crippen LogP contribution < -0.4 is 0 Å². The summed E-state index contributed by atoms with van der Waals surface area (Å²) in [5.74, 6) is 0.0561. The molecule has 1 aliphatic carbocycles. The van der Waals surface area contributed by atoms with Gasteiger partial charge in [-0.1, -0.05) is 32.0 Å². The average Bonchev–Trinajstić information content (AvgIpc) is 2.67. The average molecular weight is 425 g/mol. The lowest BCUT2D eigenvalue weighted by Crippen LogP contribution is -2.61. The minimum absolute atomic E-state index is 0.0205. The quantitative estimate of drug-likeness (QED) is 0.704. The molecule has 1 aromatic rings. The smallest absolute Gasteiger partial charge is 0.376 e. The van der Waals surface area contributed by atoms with Gasteiger partial charge in [0.25, 0.3) is 0 Å². The van der Waals surface area contributed by atoms with Crippen molar-refractivity contribution in [1.82, 2.24) is 9.80 Å². The summed E-state index contributed by atoms with van der Waals surface area (Å²) < 4.78 is 40.1. The van der Waals surface area contributed by atoms with Gasteiger partial charge in [-0.25, -0.2) is 4.79 Å². The van der Waals surface area contributed by atoms with Crippen molar-refractivity contribution in [2.45, 2.75) is 76.6 Å². The van der Waals surface area contributed by atoms with E-state index in [0.717, 1.165) is 50.4 Å². The Morgan fingerprint density at radius 3 is 2.43 bits per heavy atom. The Hall–Kier alpha value is -1.76. The molecule has 166 valence electrons.